The summed E-state index contributed by atoms with van der Waals surface area (Å²) in [4.78, 5) is 20.8. The van der Waals surface area contributed by atoms with E-state index in [0.717, 1.165) is 53.8 Å². The molecule has 2 aliphatic heterocycles. The number of piperidine rings is 1. The predicted octanol–water partition coefficient (Wildman–Crippen LogP) is 5.23. The molecule has 3 aromatic carbocycles. The van der Waals surface area contributed by atoms with Crippen LogP contribution >= 0.6 is 0 Å². The van der Waals surface area contributed by atoms with Crippen LogP contribution in [0.25, 0.3) is 16.7 Å². The molecule has 2 saturated heterocycles. The fourth-order valence-electron chi connectivity index (χ4n) is 5.88. The van der Waals surface area contributed by atoms with Crippen LogP contribution in [0.2, 0.25) is 0 Å². The van der Waals surface area contributed by atoms with Crippen molar-refractivity contribution in [1.29, 1.82) is 0 Å². The molecule has 4 heterocycles. The van der Waals surface area contributed by atoms with Gasteiger partial charge in [-0.25, -0.2) is 4.79 Å². The van der Waals surface area contributed by atoms with Gasteiger partial charge in [0, 0.05) is 44.7 Å². The van der Waals surface area contributed by atoms with Crippen molar-refractivity contribution < 1.29 is 18.9 Å². The van der Waals surface area contributed by atoms with E-state index in [0.29, 0.717) is 43.9 Å². The van der Waals surface area contributed by atoms with Gasteiger partial charge in [0.25, 0.3) is 0 Å². The van der Waals surface area contributed by atoms with E-state index in [1.165, 1.54) is 0 Å². The summed E-state index contributed by atoms with van der Waals surface area (Å²) in [6.45, 7) is 3.65. The summed E-state index contributed by atoms with van der Waals surface area (Å²) in [6, 6.07) is 29.6. The number of fused-ring (bicyclic) bond motifs is 1. The summed E-state index contributed by atoms with van der Waals surface area (Å²) in [5.74, 6) is 0.312. The largest absolute Gasteiger partial charge is 0.473 e. The molecule has 0 N–H and O–H groups in total. The number of anilines is 1. The second-order valence-electron chi connectivity index (χ2n) is 11.0. The molecule has 5 aromatic rings. The molecule has 2 aromatic heterocycles. The lowest BCUT2D eigenvalue weighted by molar-refractivity contribution is -0.169. The van der Waals surface area contributed by atoms with Gasteiger partial charge in [0.05, 0.1) is 24.2 Å². The highest BCUT2D eigenvalue weighted by Gasteiger charge is 2.39. The molecule has 9 heteroatoms. The Kier molecular flexibility index (Phi) is 7.34. The van der Waals surface area contributed by atoms with Crippen molar-refractivity contribution in [3.63, 3.8) is 0 Å². The van der Waals surface area contributed by atoms with E-state index in [9.17, 15) is 4.79 Å². The van der Waals surface area contributed by atoms with Gasteiger partial charge in [0.2, 0.25) is 11.8 Å². The van der Waals surface area contributed by atoms with Crippen LogP contribution in [0.3, 0.4) is 0 Å². The molecule has 220 valence electrons. The normalized spacial score (nSPS) is 16.2. The Bertz CT molecular complexity index is 1770. The molecule has 2 fully saturated rings. The first-order valence-electron chi connectivity index (χ1n) is 14.7. The third kappa shape index (κ3) is 5.49. The zero-order chi connectivity index (χ0) is 29.2. The van der Waals surface area contributed by atoms with Crippen molar-refractivity contribution in [2.24, 2.45) is 7.05 Å². The number of aryl methyl sites for hydroxylation is 1. The van der Waals surface area contributed by atoms with Crippen LogP contribution in [-0.4, -0.2) is 46.2 Å². The highest BCUT2D eigenvalue weighted by atomic mass is 16.7. The number of hydrogen-bond acceptors (Lipinski definition) is 7. The van der Waals surface area contributed by atoms with Crippen molar-refractivity contribution in [2.75, 3.05) is 31.2 Å². The summed E-state index contributed by atoms with van der Waals surface area (Å²) >= 11 is 0. The maximum absolute atomic E-state index is 13.7. The van der Waals surface area contributed by atoms with Gasteiger partial charge in [-0.3, -0.25) is 9.13 Å². The zero-order valence-corrected chi connectivity index (χ0v) is 24.1. The van der Waals surface area contributed by atoms with E-state index in [1.54, 1.807) is 22.2 Å². The third-order valence-corrected chi connectivity index (χ3v) is 8.25. The molecule has 7 rings (SSSR count). The number of nitrogens with zero attached hydrogens (tertiary/aromatic N) is 4. The minimum Gasteiger partial charge on any atom is -0.473 e. The second-order valence-corrected chi connectivity index (χ2v) is 11.0. The molecule has 9 nitrogen and oxygen atoms in total. The number of benzene rings is 3. The average Bonchev–Trinajstić information content (AvgIpc) is 3.61. The van der Waals surface area contributed by atoms with Gasteiger partial charge in [-0.05, 0) is 35.4 Å². The van der Waals surface area contributed by atoms with E-state index in [1.807, 2.05) is 72.8 Å². The average molecular weight is 579 g/mol. The van der Waals surface area contributed by atoms with E-state index >= 15 is 0 Å². The first-order valence-corrected chi connectivity index (χ1v) is 14.7. The van der Waals surface area contributed by atoms with Crippen molar-refractivity contribution in [3.8, 4) is 17.4 Å². The number of rotatable bonds is 8. The fourth-order valence-corrected chi connectivity index (χ4v) is 5.88. The summed E-state index contributed by atoms with van der Waals surface area (Å²) in [7, 11) is 1.80. The zero-order valence-electron chi connectivity index (χ0n) is 24.1. The van der Waals surface area contributed by atoms with Crippen molar-refractivity contribution >= 4 is 16.7 Å². The van der Waals surface area contributed by atoms with E-state index in [4.69, 9.17) is 23.9 Å². The van der Waals surface area contributed by atoms with E-state index < -0.39 is 5.79 Å². The van der Waals surface area contributed by atoms with Crippen LogP contribution in [0.15, 0.2) is 95.8 Å². The molecular formula is C34H34N4O5. The van der Waals surface area contributed by atoms with Gasteiger partial charge in [0.15, 0.2) is 5.79 Å². The molecule has 0 amide bonds. The quantitative estimate of drug-likeness (QED) is 0.250. The Morgan fingerprint density at radius 3 is 2.12 bits per heavy atom. The number of aromatic nitrogens is 3. The minimum atomic E-state index is -0.434. The number of pyridine rings is 1. The molecule has 0 radical (unpaired) electrons. The van der Waals surface area contributed by atoms with Gasteiger partial charge in [0.1, 0.15) is 18.9 Å². The molecule has 0 unspecified atom stereocenters. The fraction of sp³-hybridized carbons (Fsp3) is 0.294. The summed E-state index contributed by atoms with van der Waals surface area (Å²) in [5, 5.41) is 0. The Morgan fingerprint density at radius 2 is 1.44 bits per heavy atom. The molecule has 0 bridgehead atoms. The first kappa shape index (κ1) is 27.2. The van der Waals surface area contributed by atoms with E-state index in [2.05, 4.69) is 17.0 Å². The summed E-state index contributed by atoms with van der Waals surface area (Å²) in [5.41, 5.74) is 5.08. The Hall–Kier alpha value is -4.60. The number of ether oxygens (including phenoxy) is 4. The molecular weight excluding hydrogens is 544 g/mol. The van der Waals surface area contributed by atoms with Crippen LogP contribution in [0.4, 0.5) is 5.69 Å². The monoisotopic (exact) mass is 578 g/mol. The van der Waals surface area contributed by atoms with Gasteiger partial charge in [-0.15, -0.1) is 0 Å². The predicted molar refractivity (Wildman–Crippen MR) is 164 cm³/mol. The van der Waals surface area contributed by atoms with Crippen LogP contribution in [0, 0.1) is 0 Å². The lowest BCUT2D eigenvalue weighted by Gasteiger charge is -2.38. The number of imidazole rings is 1. The minimum absolute atomic E-state index is 0.179. The molecule has 2 aliphatic rings. The van der Waals surface area contributed by atoms with Crippen molar-refractivity contribution in [3.05, 3.63) is 113 Å². The molecule has 43 heavy (non-hydrogen) atoms. The molecule has 0 aliphatic carbocycles. The van der Waals surface area contributed by atoms with Crippen molar-refractivity contribution in [2.45, 2.75) is 31.8 Å². The van der Waals surface area contributed by atoms with Crippen LogP contribution in [0.1, 0.15) is 24.0 Å². The molecule has 0 saturated carbocycles. The van der Waals surface area contributed by atoms with Crippen LogP contribution < -0.4 is 20.1 Å². The lowest BCUT2D eigenvalue weighted by Crippen LogP contribution is -2.45. The second kappa shape index (κ2) is 11.6. The Balaban J connectivity index is 1.21. The maximum atomic E-state index is 13.7. The van der Waals surface area contributed by atoms with Crippen molar-refractivity contribution in [1.82, 2.24) is 14.1 Å². The first-order chi connectivity index (χ1) is 21.1. The van der Waals surface area contributed by atoms with E-state index in [-0.39, 0.29) is 5.69 Å². The Labute approximate surface area is 249 Å². The molecule has 1 spiro atoms. The van der Waals surface area contributed by atoms with Gasteiger partial charge >= 0.3 is 5.69 Å². The molecule has 0 atom stereocenters. The third-order valence-electron chi connectivity index (χ3n) is 8.25. The van der Waals surface area contributed by atoms with Crippen LogP contribution in [-0.2, 0) is 29.7 Å². The Morgan fingerprint density at radius 1 is 0.791 bits per heavy atom. The smallest absolute Gasteiger partial charge is 0.333 e. The van der Waals surface area contributed by atoms with Gasteiger partial charge in [-0.1, -0.05) is 60.7 Å². The lowest BCUT2D eigenvalue weighted by atomic mass is 10.0. The van der Waals surface area contributed by atoms with Gasteiger partial charge < -0.3 is 23.8 Å². The van der Waals surface area contributed by atoms with Crippen LogP contribution in [0.5, 0.6) is 11.8 Å². The van der Waals surface area contributed by atoms with Gasteiger partial charge in [-0.2, -0.15) is 4.98 Å². The maximum Gasteiger partial charge on any atom is 0.333 e. The standard InChI is InChI=1S/C34H34N4O5/c1-36-30-22-27(37-18-16-34(17-19-37)42-20-21-43-34)12-13-28(30)38(33(36)39)29-14-15-31(40-23-25-8-4-2-5-9-25)35-32(29)41-24-26-10-6-3-7-11-26/h2-15,22H,16-21,23-24H2,1H3. The SMILES string of the molecule is Cn1c(=O)n(-c2ccc(OCc3ccccc3)nc2OCc2ccccc2)c2ccc(N3CCC4(CC3)OCCO4)cc21. The topological polar surface area (TPSA) is 80.0 Å². The summed E-state index contributed by atoms with van der Waals surface area (Å²) < 4.78 is 27.4. The highest BCUT2D eigenvalue weighted by Crippen LogP contribution is 2.35. The summed E-state index contributed by atoms with van der Waals surface area (Å²) in [6.07, 6.45) is 1.63. The highest BCUT2D eigenvalue weighted by molar-refractivity contribution is 5.82. The number of hydrogen-bond donors (Lipinski definition) is 0.